The zero-order valence-electron chi connectivity index (χ0n) is 19.5. The molecule has 5 nitrogen and oxygen atoms in total. The number of hydrogen-bond donors (Lipinski definition) is 2. The molecule has 0 heterocycles. The summed E-state index contributed by atoms with van der Waals surface area (Å²) in [6.07, 6.45) is -4.51. The van der Waals surface area contributed by atoms with Crippen LogP contribution in [-0.2, 0) is 6.18 Å². The largest absolute Gasteiger partial charge is 0.455 e. The monoisotopic (exact) mass is 526 g/mol. The van der Waals surface area contributed by atoms with Crippen LogP contribution in [0.15, 0.2) is 36.4 Å². The third kappa shape index (κ3) is 5.59. The minimum Gasteiger partial charge on any atom is -0.455 e. The van der Waals surface area contributed by atoms with E-state index >= 15 is 0 Å². The molecular weight excluding hydrogens is 507 g/mol. The molecule has 0 aliphatic heterocycles. The fraction of sp³-hybridized carbons (Fsp3) is 0.200. The molecule has 0 spiro atoms. The van der Waals surface area contributed by atoms with Gasteiger partial charge < -0.3 is 10.1 Å². The second kappa shape index (κ2) is 10.1. The number of ether oxygens (including phenoxy) is 1. The number of amides is 3. The quantitative estimate of drug-likeness (QED) is 0.343. The van der Waals surface area contributed by atoms with Gasteiger partial charge in [-0.05, 0) is 80.3 Å². The van der Waals surface area contributed by atoms with E-state index in [-0.39, 0.29) is 33.3 Å². The summed E-state index contributed by atoms with van der Waals surface area (Å²) >= 11 is 6.43. The highest BCUT2D eigenvalue weighted by Crippen LogP contribution is 2.41. The number of aryl methyl sites for hydroxylation is 3. The lowest BCUT2D eigenvalue weighted by Gasteiger charge is -2.19. The molecule has 11 heteroatoms. The summed E-state index contributed by atoms with van der Waals surface area (Å²) in [5.74, 6) is -3.22. The molecule has 3 rings (SSSR count). The number of carbonyl (C=O) groups excluding carboxylic acids is 2. The van der Waals surface area contributed by atoms with Gasteiger partial charge in [0.1, 0.15) is 28.7 Å². The van der Waals surface area contributed by atoms with Crippen LogP contribution >= 0.6 is 11.6 Å². The zero-order valence-corrected chi connectivity index (χ0v) is 20.2. The smallest absolute Gasteiger partial charge is 0.416 e. The molecule has 2 N–H and O–H groups in total. The molecule has 3 aromatic rings. The van der Waals surface area contributed by atoms with E-state index in [2.05, 4.69) is 5.32 Å². The second-order valence-corrected chi connectivity index (χ2v) is 8.42. The first-order chi connectivity index (χ1) is 16.7. The highest BCUT2D eigenvalue weighted by molar-refractivity contribution is 6.33. The van der Waals surface area contributed by atoms with Gasteiger partial charge in [0.05, 0.1) is 10.6 Å². The van der Waals surface area contributed by atoms with Gasteiger partial charge in [-0.2, -0.15) is 13.2 Å². The molecule has 3 amide bonds. The maximum Gasteiger partial charge on any atom is 0.416 e. The Bertz CT molecular complexity index is 1350. The van der Waals surface area contributed by atoms with Crippen LogP contribution in [-0.4, -0.2) is 11.9 Å². The van der Waals surface area contributed by atoms with E-state index in [0.717, 1.165) is 24.3 Å². The molecule has 36 heavy (non-hydrogen) atoms. The molecule has 3 aromatic carbocycles. The number of alkyl halides is 3. The number of anilines is 1. The maximum absolute atomic E-state index is 13.8. The summed E-state index contributed by atoms with van der Waals surface area (Å²) in [5, 5.41) is 4.29. The highest BCUT2D eigenvalue weighted by Gasteiger charge is 2.33. The topological polar surface area (TPSA) is 67.4 Å². The van der Waals surface area contributed by atoms with Crippen LogP contribution in [0.25, 0.3) is 0 Å². The first-order valence-electron chi connectivity index (χ1n) is 10.4. The number of benzene rings is 3. The van der Waals surface area contributed by atoms with Gasteiger partial charge >= 0.3 is 12.2 Å². The van der Waals surface area contributed by atoms with E-state index in [1.54, 1.807) is 6.92 Å². The lowest BCUT2D eigenvalue weighted by atomic mass is 10.0. The van der Waals surface area contributed by atoms with Crippen molar-refractivity contribution in [2.75, 3.05) is 5.32 Å². The van der Waals surface area contributed by atoms with Gasteiger partial charge in [0.15, 0.2) is 0 Å². The van der Waals surface area contributed by atoms with Crippen molar-refractivity contribution < 1.29 is 36.3 Å². The first-order valence-corrected chi connectivity index (χ1v) is 10.8. The Balaban J connectivity index is 1.84. The van der Waals surface area contributed by atoms with Crippen LogP contribution in [0.2, 0.25) is 5.02 Å². The van der Waals surface area contributed by atoms with Crippen molar-refractivity contribution >= 4 is 29.2 Å². The number of nitrogens with one attached hydrogen (secondary N) is 2. The molecule has 0 aliphatic carbocycles. The van der Waals surface area contributed by atoms with Gasteiger partial charge in [0.25, 0.3) is 5.91 Å². The van der Waals surface area contributed by atoms with Crippen LogP contribution in [0.4, 0.5) is 32.4 Å². The second-order valence-electron chi connectivity index (χ2n) is 8.05. The van der Waals surface area contributed by atoms with E-state index in [9.17, 15) is 31.5 Å². The number of urea groups is 1. The fourth-order valence-corrected chi connectivity index (χ4v) is 3.75. The van der Waals surface area contributed by atoms with Crippen molar-refractivity contribution in [3.63, 3.8) is 0 Å². The van der Waals surface area contributed by atoms with Crippen molar-refractivity contribution in [2.24, 2.45) is 0 Å². The van der Waals surface area contributed by atoms with E-state index in [4.69, 9.17) is 16.3 Å². The normalized spacial score (nSPS) is 11.3. The molecule has 0 fully saturated rings. The molecule has 0 aliphatic rings. The summed E-state index contributed by atoms with van der Waals surface area (Å²) in [6.45, 7) is 5.91. The van der Waals surface area contributed by atoms with Gasteiger partial charge in [-0.1, -0.05) is 17.7 Å². The summed E-state index contributed by atoms with van der Waals surface area (Å²) in [4.78, 5) is 24.5. The molecule has 0 unspecified atom stereocenters. The Labute approximate surface area is 208 Å². The molecule has 0 radical (unpaired) electrons. The van der Waals surface area contributed by atoms with Gasteiger partial charge in [0, 0.05) is 5.69 Å². The molecule has 0 aromatic heterocycles. The number of rotatable bonds is 4. The summed E-state index contributed by atoms with van der Waals surface area (Å²) in [6, 6.07) is 5.48. The third-order valence-corrected chi connectivity index (χ3v) is 5.81. The summed E-state index contributed by atoms with van der Waals surface area (Å²) in [5.41, 5.74) is -0.570. The first kappa shape index (κ1) is 26.9. The zero-order chi connectivity index (χ0) is 26.9. The van der Waals surface area contributed by atoms with Crippen molar-refractivity contribution in [1.29, 1.82) is 0 Å². The third-order valence-electron chi connectivity index (χ3n) is 5.36. The molecule has 0 saturated heterocycles. The lowest BCUT2D eigenvalue weighted by molar-refractivity contribution is -0.138. The Morgan fingerprint density at radius 1 is 0.917 bits per heavy atom. The van der Waals surface area contributed by atoms with Crippen molar-refractivity contribution in [1.82, 2.24) is 5.32 Å². The standard InChI is InChI=1S/C25H20ClF5N2O3/c1-11-10-19(12(2)8-15(11)25(29,30)31)36-22-13(3)9-18(14(4)21(22)26)32-24(35)33-23(34)20-16(27)6-5-7-17(20)28/h5-10H,1-4H3,(H2,32,33,34,35). The van der Waals surface area contributed by atoms with Crippen LogP contribution in [0.1, 0.15) is 38.2 Å². The number of carbonyl (C=O) groups is 2. The van der Waals surface area contributed by atoms with Crippen molar-refractivity contribution in [2.45, 2.75) is 33.9 Å². The minimum absolute atomic E-state index is 0.0282. The van der Waals surface area contributed by atoms with E-state index in [1.165, 1.54) is 32.9 Å². The highest BCUT2D eigenvalue weighted by atomic mass is 35.5. The van der Waals surface area contributed by atoms with Crippen LogP contribution < -0.4 is 15.4 Å². The number of halogens is 6. The van der Waals surface area contributed by atoms with Gasteiger partial charge in [-0.25, -0.2) is 13.6 Å². The van der Waals surface area contributed by atoms with Crippen molar-refractivity contribution in [3.8, 4) is 11.5 Å². The van der Waals surface area contributed by atoms with Gasteiger partial charge in [-0.15, -0.1) is 0 Å². The summed E-state index contributed by atoms with van der Waals surface area (Å²) < 4.78 is 72.9. The molecule has 190 valence electrons. The number of hydrogen-bond acceptors (Lipinski definition) is 3. The summed E-state index contributed by atoms with van der Waals surface area (Å²) in [7, 11) is 0. The Hall–Kier alpha value is -3.66. The minimum atomic E-state index is -4.51. The average Bonchev–Trinajstić information content (AvgIpc) is 2.75. The predicted octanol–water partition coefficient (Wildman–Crippen LogP) is 7.62. The number of imide groups is 1. The average molecular weight is 527 g/mol. The lowest BCUT2D eigenvalue weighted by Crippen LogP contribution is -2.35. The van der Waals surface area contributed by atoms with Gasteiger partial charge in [0.2, 0.25) is 0 Å². The maximum atomic E-state index is 13.8. The molecule has 0 saturated carbocycles. The van der Waals surface area contributed by atoms with E-state index in [1.807, 2.05) is 5.32 Å². The Kier molecular flexibility index (Phi) is 7.59. The Morgan fingerprint density at radius 2 is 1.53 bits per heavy atom. The van der Waals surface area contributed by atoms with Crippen LogP contribution in [0.5, 0.6) is 11.5 Å². The molecular formula is C25H20ClF5N2O3. The Morgan fingerprint density at radius 3 is 2.11 bits per heavy atom. The van der Waals surface area contributed by atoms with Gasteiger partial charge in [-0.3, -0.25) is 10.1 Å². The predicted molar refractivity (Wildman–Crippen MR) is 125 cm³/mol. The SMILES string of the molecule is Cc1cc(C(F)(F)F)c(C)cc1Oc1c(C)cc(NC(=O)NC(=O)c2c(F)cccc2F)c(C)c1Cl. The molecule has 0 bridgehead atoms. The van der Waals surface area contributed by atoms with E-state index in [0.29, 0.717) is 11.1 Å². The van der Waals surface area contributed by atoms with Crippen molar-refractivity contribution in [3.05, 3.63) is 86.4 Å². The van der Waals surface area contributed by atoms with Crippen LogP contribution in [0.3, 0.4) is 0 Å². The van der Waals surface area contributed by atoms with Crippen LogP contribution in [0, 0.1) is 39.3 Å². The van der Waals surface area contributed by atoms with E-state index < -0.39 is 40.9 Å². The fourth-order valence-electron chi connectivity index (χ4n) is 3.46. The molecule has 0 atom stereocenters.